The molecule has 0 saturated carbocycles. The van der Waals surface area contributed by atoms with Gasteiger partial charge in [-0.25, -0.2) is 18.0 Å². The quantitative estimate of drug-likeness (QED) is 0.809. The van der Waals surface area contributed by atoms with Crippen LogP contribution in [0.4, 0.5) is 13.2 Å². The summed E-state index contributed by atoms with van der Waals surface area (Å²) in [4.78, 5) is 14.4. The molecule has 0 amide bonds. The maximum Gasteiger partial charge on any atom is 0.328 e. The highest BCUT2D eigenvalue weighted by molar-refractivity contribution is 6.03. The van der Waals surface area contributed by atoms with Gasteiger partial charge in [-0.1, -0.05) is 0 Å². The van der Waals surface area contributed by atoms with Crippen LogP contribution < -0.4 is 0 Å². The SMILES string of the molecule is O=C(O)C1CCC(c2ccc(F)c(F)c2F)=N1. The predicted octanol–water partition coefficient (Wildman–Crippen LogP) is 2.14. The van der Waals surface area contributed by atoms with E-state index < -0.39 is 29.5 Å². The fourth-order valence-corrected chi connectivity index (χ4v) is 1.72. The molecule has 17 heavy (non-hydrogen) atoms. The third kappa shape index (κ3) is 2.02. The Labute approximate surface area is 94.6 Å². The van der Waals surface area contributed by atoms with Crippen molar-refractivity contribution in [3.63, 3.8) is 0 Å². The lowest BCUT2D eigenvalue weighted by Gasteiger charge is -2.03. The second-order valence-electron chi connectivity index (χ2n) is 3.69. The molecule has 1 aromatic rings. The van der Waals surface area contributed by atoms with Crippen LogP contribution >= 0.6 is 0 Å². The molecule has 0 radical (unpaired) electrons. The summed E-state index contributed by atoms with van der Waals surface area (Å²) in [7, 11) is 0. The largest absolute Gasteiger partial charge is 0.480 e. The molecule has 0 aromatic heterocycles. The minimum Gasteiger partial charge on any atom is -0.480 e. The molecule has 0 bridgehead atoms. The predicted molar refractivity (Wildman–Crippen MR) is 53.5 cm³/mol. The van der Waals surface area contributed by atoms with Crippen molar-refractivity contribution in [2.24, 2.45) is 4.99 Å². The van der Waals surface area contributed by atoms with Crippen molar-refractivity contribution in [3.8, 4) is 0 Å². The van der Waals surface area contributed by atoms with E-state index in [1.807, 2.05) is 0 Å². The van der Waals surface area contributed by atoms with Crippen LogP contribution in [0, 0.1) is 17.5 Å². The van der Waals surface area contributed by atoms with Crippen LogP contribution in [-0.4, -0.2) is 22.8 Å². The molecule has 6 heteroatoms. The van der Waals surface area contributed by atoms with E-state index in [1.165, 1.54) is 0 Å². The van der Waals surface area contributed by atoms with Gasteiger partial charge < -0.3 is 5.11 Å². The van der Waals surface area contributed by atoms with Gasteiger partial charge in [-0.05, 0) is 25.0 Å². The Morgan fingerprint density at radius 3 is 2.59 bits per heavy atom. The summed E-state index contributed by atoms with van der Waals surface area (Å²) in [5, 5.41) is 8.71. The zero-order valence-corrected chi connectivity index (χ0v) is 8.58. The van der Waals surface area contributed by atoms with Gasteiger partial charge in [-0.15, -0.1) is 0 Å². The molecule has 1 unspecified atom stereocenters. The highest BCUT2D eigenvalue weighted by Gasteiger charge is 2.27. The van der Waals surface area contributed by atoms with Crippen molar-refractivity contribution >= 4 is 11.7 Å². The number of hydrogen-bond donors (Lipinski definition) is 1. The van der Waals surface area contributed by atoms with Crippen molar-refractivity contribution in [1.29, 1.82) is 0 Å². The zero-order chi connectivity index (χ0) is 12.6. The molecule has 1 heterocycles. The smallest absolute Gasteiger partial charge is 0.328 e. The molecule has 2 rings (SSSR count). The minimum atomic E-state index is -1.57. The van der Waals surface area contributed by atoms with Crippen molar-refractivity contribution in [2.75, 3.05) is 0 Å². The van der Waals surface area contributed by atoms with E-state index in [4.69, 9.17) is 5.11 Å². The topological polar surface area (TPSA) is 49.7 Å². The molecule has 1 aliphatic rings. The average molecular weight is 243 g/mol. The number of hydrogen-bond acceptors (Lipinski definition) is 2. The van der Waals surface area contributed by atoms with Crippen LogP contribution in [0.5, 0.6) is 0 Å². The fraction of sp³-hybridized carbons (Fsp3) is 0.273. The maximum absolute atomic E-state index is 13.4. The molecule has 1 aliphatic heterocycles. The molecular weight excluding hydrogens is 235 g/mol. The third-order valence-corrected chi connectivity index (χ3v) is 2.60. The first kappa shape index (κ1) is 11.6. The Hall–Kier alpha value is -1.85. The lowest BCUT2D eigenvalue weighted by Crippen LogP contribution is -2.13. The van der Waals surface area contributed by atoms with E-state index >= 15 is 0 Å². The summed E-state index contributed by atoms with van der Waals surface area (Å²) in [6, 6.07) is 0.929. The van der Waals surface area contributed by atoms with Gasteiger partial charge in [-0.3, -0.25) is 4.99 Å². The number of carboxylic acids is 1. The average Bonchev–Trinajstić information content (AvgIpc) is 2.75. The molecule has 0 spiro atoms. The van der Waals surface area contributed by atoms with Gasteiger partial charge in [-0.2, -0.15) is 0 Å². The van der Waals surface area contributed by atoms with E-state index in [1.54, 1.807) is 0 Å². The Balaban J connectivity index is 2.40. The van der Waals surface area contributed by atoms with Crippen molar-refractivity contribution in [2.45, 2.75) is 18.9 Å². The first-order chi connectivity index (χ1) is 8.00. The van der Waals surface area contributed by atoms with E-state index in [0.717, 1.165) is 12.1 Å². The highest BCUT2D eigenvalue weighted by Crippen LogP contribution is 2.23. The van der Waals surface area contributed by atoms with Gasteiger partial charge in [0.25, 0.3) is 0 Å². The number of nitrogens with zero attached hydrogens (tertiary/aromatic N) is 1. The lowest BCUT2D eigenvalue weighted by atomic mass is 10.1. The van der Waals surface area contributed by atoms with Gasteiger partial charge in [0.1, 0.15) is 6.04 Å². The molecule has 0 saturated heterocycles. The lowest BCUT2D eigenvalue weighted by molar-refractivity contribution is -0.138. The van der Waals surface area contributed by atoms with Gasteiger partial charge in [0.05, 0.1) is 0 Å². The normalized spacial score (nSPS) is 19.2. The van der Waals surface area contributed by atoms with Crippen molar-refractivity contribution < 1.29 is 23.1 Å². The van der Waals surface area contributed by atoms with E-state index in [9.17, 15) is 18.0 Å². The van der Waals surface area contributed by atoms with Crippen LogP contribution in [0.15, 0.2) is 17.1 Å². The van der Waals surface area contributed by atoms with Gasteiger partial charge in [0.15, 0.2) is 17.5 Å². The zero-order valence-electron chi connectivity index (χ0n) is 8.58. The van der Waals surface area contributed by atoms with E-state index in [0.29, 0.717) is 0 Å². The van der Waals surface area contributed by atoms with Gasteiger partial charge in [0, 0.05) is 11.3 Å². The van der Waals surface area contributed by atoms with Gasteiger partial charge in [0.2, 0.25) is 0 Å². The van der Waals surface area contributed by atoms with Crippen LogP contribution in [0.3, 0.4) is 0 Å². The Kier molecular flexibility index (Phi) is 2.87. The molecule has 3 nitrogen and oxygen atoms in total. The number of carboxylic acid groups (broad SMARTS) is 1. The first-order valence-electron chi connectivity index (χ1n) is 4.94. The fourth-order valence-electron chi connectivity index (χ4n) is 1.72. The summed E-state index contributed by atoms with van der Waals surface area (Å²) in [5.41, 5.74) is -0.0125. The van der Waals surface area contributed by atoms with Crippen LogP contribution in [0.1, 0.15) is 18.4 Å². The number of carbonyl (C=O) groups is 1. The summed E-state index contributed by atoms with van der Waals surface area (Å²) in [6.07, 6.45) is 0.474. The summed E-state index contributed by atoms with van der Waals surface area (Å²) >= 11 is 0. The molecular formula is C11H8F3NO2. The molecule has 0 aliphatic carbocycles. The van der Waals surface area contributed by atoms with Gasteiger partial charge >= 0.3 is 5.97 Å². The van der Waals surface area contributed by atoms with Crippen molar-refractivity contribution in [1.82, 2.24) is 0 Å². The standard InChI is InChI=1S/C11H8F3NO2/c12-6-2-1-5(9(13)10(6)14)7-3-4-8(15-7)11(16)17/h1-2,8H,3-4H2,(H,16,17). The third-order valence-electron chi connectivity index (χ3n) is 2.60. The Morgan fingerprint density at radius 2 is 2.00 bits per heavy atom. The Morgan fingerprint density at radius 1 is 1.29 bits per heavy atom. The summed E-state index contributed by atoms with van der Waals surface area (Å²) in [6.45, 7) is 0. The van der Waals surface area contributed by atoms with E-state index in [2.05, 4.69) is 4.99 Å². The number of halogens is 3. The minimum absolute atomic E-state index is 0.161. The molecule has 1 N–H and O–H groups in total. The highest BCUT2D eigenvalue weighted by atomic mass is 19.2. The maximum atomic E-state index is 13.4. The monoisotopic (exact) mass is 243 g/mol. The second kappa shape index (κ2) is 4.20. The molecule has 0 fully saturated rings. The number of aliphatic carboxylic acids is 1. The summed E-state index contributed by atoms with van der Waals surface area (Å²) in [5.74, 6) is -5.28. The van der Waals surface area contributed by atoms with Crippen LogP contribution in [-0.2, 0) is 4.79 Å². The van der Waals surface area contributed by atoms with Crippen LogP contribution in [0.25, 0.3) is 0 Å². The van der Waals surface area contributed by atoms with Crippen LogP contribution in [0.2, 0.25) is 0 Å². The first-order valence-corrected chi connectivity index (χ1v) is 4.94. The number of rotatable bonds is 2. The second-order valence-corrected chi connectivity index (χ2v) is 3.69. The molecule has 90 valence electrons. The molecule has 1 aromatic carbocycles. The number of benzene rings is 1. The van der Waals surface area contributed by atoms with Crippen molar-refractivity contribution in [3.05, 3.63) is 35.1 Å². The summed E-state index contributed by atoms with van der Waals surface area (Å²) < 4.78 is 39.1. The Bertz CT molecular complexity index is 514. The number of aliphatic imine (C=N–C) groups is 1. The molecule has 1 atom stereocenters. The van der Waals surface area contributed by atoms with E-state index in [-0.39, 0.29) is 24.1 Å².